The quantitative estimate of drug-likeness (QED) is 0.841. The SMILES string of the molecule is CC(C)[C@H]1COC2C[C@@H](OCc3ccccc3)C[C@H]3CCC(=O)N1C23. The van der Waals surface area contributed by atoms with Crippen LogP contribution in [-0.2, 0) is 20.9 Å². The molecule has 1 aromatic rings. The van der Waals surface area contributed by atoms with E-state index in [0.717, 1.165) is 19.3 Å². The van der Waals surface area contributed by atoms with Crippen molar-refractivity contribution in [2.45, 2.75) is 70.4 Å². The molecule has 0 aromatic heterocycles. The van der Waals surface area contributed by atoms with Gasteiger partial charge in [-0.15, -0.1) is 0 Å². The van der Waals surface area contributed by atoms with E-state index < -0.39 is 0 Å². The lowest BCUT2D eigenvalue weighted by atomic mass is 9.73. The fraction of sp³-hybridized carbons (Fsp3) is 0.667. The van der Waals surface area contributed by atoms with Crippen LogP contribution in [0.1, 0.15) is 45.1 Å². The summed E-state index contributed by atoms with van der Waals surface area (Å²) in [6, 6.07) is 10.8. The normalized spacial score (nSPS) is 34.9. The van der Waals surface area contributed by atoms with Crippen molar-refractivity contribution in [3.8, 4) is 0 Å². The van der Waals surface area contributed by atoms with Gasteiger partial charge < -0.3 is 14.4 Å². The van der Waals surface area contributed by atoms with Crippen molar-refractivity contribution in [1.29, 1.82) is 0 Å². The van der Waals surface area contributed by atoms with Crippen LogP contribution < -0.4 is 0 Å². The first-order valence-electron chi connectivity index (χ1n) is 9.71. The first-order valence-corrected chi connectivity index (χ1v) is 9.71. The predicted molar refractivity (Wildman–Crippen MR) is 96.0 cm³/mol. The number of ether oxygens (including phenoxy) is 2. The molecule has 4 rings (SSSR count). The highest BCUT2D eigenvalue weighted by atomic mass is 16.5. The Bertz CT molecular complexity index is 594. The number of morpholine rings is 1. The number of benzene rings is 1. The van der Waals surface area contributed by atoms with Gasteiger partial charge in [0.05, 0.1) is 37.5 Å². The Morgan fingerprint density at radius 1 is 1.24 bits per heavy atom. The molecule has 25 heavy (non-hydrogen) atoms. The molecule has 1 aliphatic carbocycles. The van der Waals surface area contributed by atoms with E-state index in [1.165, 1.54) is 5.56 Å². The van der Waals surface area contributed by atoms with E-state index in [0.29, 0.717) is 37.4 Å². The number of hydrogen-bond donors (Lipinski definition) is 0. The Morgan fingerprint density at radius 3 is 2.80 bits per heavy atom. The average molecular weight is 343 g/mol. The minimum atomic E-state index is 0.138. The topological polar surface area (TPSA) is 38.8 Å². The molecule has 0 bridgehead atoms. The first kappa shape index (κ1) is 17.0. The van der Waals surface area contributed by atoms with E-state index in [1.807, 2.05) is 6.07 Å². The van der Waals surface area contributed by atoms with Crippen LogP contribution in [0.4, 0.5) is 0 Å². The number of carbonyl (C=O) groups excluding carboxylic acids is 1. The Hall–Kier alpha value is -1.39. The summed E-state index contributed by atoms with van der Waals surface area (Å²) >= 11 is 0. The summed E-state index contributed by atoms with van der Waals surface area (Å²) in [4.78, 5) is 14.8. The van der Waals surface area contributed by atoms with Crippen molar-refractivity contribution in [2.75, 3.05) is 6.61 Å². The molecule has 3 aliphatic rings. The Morgan fingerprint density at radius 2 is 2.04 bits per heavy atom. The highest BCUT2D eigenvalue weighted by Crippen LogP contribution is 2.42. The number of carbonyl (C=O) groups is 1. The molecule has 1 saturated carbocycles. The molecule has 2 unspecified atom stereocenters. The molecule has 4 heteroatoms. The lowest BCUT2D eigenvalue weighted by molar-refractivity contribution is -0.193. The molecular weight excluding hydrogens is 314 g/mol. The van der Waals surface area contributed by atoms with Crippen molar-refractivity contribution in [3.63, 3.8) is 0 Å². The Labute approximate surface area is 150 Å². The number of amides is 1. The second-order valence-corrected chi connectivity index (χ2v) is 8.16. The summed E-state index contributed by atoms with van der Waals surface area (Å²) < 4.78 is 12.5. The minimum Gasteiger partial charge on any atom is -0.374 e. The van der Waals surface area contributed by atoms with E-state index in [4.69, 9.17) is 9.47 Å². The molecule has 1 amide bonds. The average Bonchev–Trinajstić information content (AvgIpc) is 2.63. The molecular formula is C21H29NO3. The second kappa shape index (κ2) is 7.08. The predicted octanol–water partition coefficient (Wildman–Crippen LogP) is 3.40. The second-order valence-electron chi connectivity index (χ2n) is 8.16. The molecule has 2 aliphatic heterocycles. The zero-order chi connectivity index (χ0) is 17.4. The van der Waals surface area contributed by atoms with Gasteiger partial charge in [0.15, 0.2) is 0 Å². The monoisotopic (exact) mass is 343 g/mol. The summed E-state index contributed by atoms with van der Waals surface area (Å²) in [5.74, 6) is 1.28. The van der Waals surface area contributed by atoms with Gasteiger partial charge >= 0.3 is 0 Å². The van der Waals surface area contributed by atoms with E-state index in [1.54, 1.807) is 0 Å². The van der Waals surface area contributed by atoms with E-state index in [9.17, 15) is 4.79 Å². The van der Waals surface area contributed by atoms with Gasteiger partial charge in [0.1, 0.15) is 0 Å². The molecule has 2 saturated heterocycles. The van der Waals surface area contributed by atoms with Gasteiger partial charge in [-0.25, -0.2) is 0 Å². The zero-order valence-electron chi connectivity index (χ0n) is 15.3. The van der Waals surface area contributed by atoms with Gasteiger partial charge in [-0.3, -0.25) is 4.79 Å². The van der Waals surface area contributed by atoms with E-state index in [-0.39, 0.29) is 24.3 Å². The summed E-state index contributed by atoms with van der Waals surface area (Å²) in [6.45, 7) is 5.72. The maximum atomic E-state index is 12.6. The van der Waals surface area contributed by atoms with Crippen LogP contribution in [0.15, 0.2) is 30.3 Å². The van der Waals surface area contributed by atoms with Gasteiger partial charge in [-0.2, -0.15) is 0 Å². The minimum absolute atomic E-state index is 0.138. The number of hydrogen-bond acceptors (Lipinski definition) is 3. The third-order valence-electron chi connectivity index (χ3n) is 6.20. The van der Waals surface area contributed by atoms with Gasteiger partial charge in [0.2, 0.25) is 5.91 Å². The molecule has 1 aromatic carbocycles. The van der Waals surface area contributed by atoms with Crippen molar-refractivity contribution in [2.24, 2.45) is 11.8 Å². The molecule has 4 nitrogen and oxygen atoms in total. The number of rotatable bonds is 4. The molecule has 5 atom stereocenters. The molecule has 0 spiro atoms. The third kappa shape index (κ3) is 3.34. The van der Waals surface area contributed by atoms with Gasteiger partial charge in [0.25, 0.3) is 0 Å². The summed E-state index contributed by atoms with van der Waals surface area (Å²) in [7, 11) is 0. The highest BCUT2D eigenvalue weighted by Gasteiger charge is 2.51. The maximum absolute atomic E-state index is 12.6. The smallest absolute Gasteiger partial charge is 0.223 e. The van der Waals surface area contributed by atoms with Crippen LogP contribution in [0.3, 0.4) is 0 Å². The van der Waals surface area contributed by atoms with E-state index >= 15 is 0 Å². The van der Waals surface area contributed by atoms with Crippen molar-refractivity contribution in [1.82, 2.24) is 4.90 Å². The van der Waals surface area contributed by atoms with Crippen LogP contribution in [0, 0.1) is 11.8 Å². The standard InChI is InChI=1S/C21H29NO3/c1-14(2)18-13-25-19-11-17(24-12-15-6-4-3-5-7-15)10-16-8-9-20(23)22(18)21(16)19/h3-7,14,16-19,21H,8-13H2,1-2H3/t16-,17+,18-,19?,21?/m1/s1. The van der Waals surface area contributed by atoms with Crippen molar-refractivity contribution < 1.29 is 14.3 Å². The third-order valence-corrected chi connectivity index (χ3v) is 6.20. The molecule has 2 heterocycles. The van der Waals surface area contributed by atoms with Gasteiger partial charge in [0, 0.05) is 12.8 Å². The fourth-order valence-electron chi connectivity index (χ4n) is 4.89. The molecule has 136 valence electrons. The van der Waals surface area contributed by atoms with Crippen molar-refractivity contribution in [3.05, 3.63) is 35.9 Å². The van der Waals surface area contributed by atoms with Crippen LogP contribution in [0.2, 0.25) is 0 Å². The van der Waals surface area contributed by atoms with Crippen LogP contribution in [0.25, 0.3) is 0 Å². The maximum Gasteiger partial charge on any atom is 0.223 e. The summed E-state index contributed by atoms with van der Waals surface area (Å²) in [6.07, 6.45) is 3.99. The van der Waals surface area contributed by atoms with Crippen LogP contribution in [0.5, 0.6) is 0 Å². The number of nitrogens with zero attached hydrogens (tertiary/aromatic N) is 1. The largest absolute Gasteiger partial charge is 0.374 e. The Balaban J connectivity index is 1.45. The fourth-order valence-corrected chi connectivity index (χ4v) is 4.89. The summed E-state index contributed by atoms with van der Waals surface area (Å²) in [5.41, 5.74) is 1.22. The lowest BCUT2D eigenvalue weighted by Crippen LogP contribution is -2.67. The summed E-state index contributed by atoms with van der Waals surface area (Å²) in [5, 5.41) is 0. The zero-order valence-corrected chi connectivity index (χ0v) is 15.3. The highest BCUT2D eigenvalue weighted by molar-refractivity contribution is 5.78. The number of piperidine rings is 1. The van der Waals surface area contributed by atoms with E-state index in [2.05, 4.69) is 43.0 Å². The molecule has 0 radical (unpaired) electrons. The van der Waals surface area contributed by atoms with Crippen LogP contribution in [-0.4, -0.2) is 41.7 Å². The molecule has 3 fully saturated rings. The van der Waals surface area contributed by atoms with Gasteiger partial charge in [-0.1, -0.05) is 44.2 Å². The van der Waals surface area contributed by atoms with Gasteiger partial charge in [-0.05, 0) is 30.2 Å². The first-order chi connectivity index (χ1) is 12.1. The van der Waals surface area contributed by atoms with Crippen molar-refractivity contribution >= 4 is 5.91 Å². The lowest BCUT2D eigenvalue weighted by Gasteiger charge is -2.56. The van der Waals surface area contributed by atoms with Crippen LogP contribution >= 0.6 is 0 Å². The molecule has 0 N–H and O–H groups in total. The Kier molecular flexibility index (Phi) is 4.83.